The first-order chi connectivity index (χ1) is 23.3. The molecular weight excluding hydrogens is 591 g/mol. The van der Waals surface area contributed by atoms with E-state index in [9.17, 15) is 5.26 Å². The van der Waals surface area contributed by atoms with Crippen molar-refractivity contribution < 1.29 is 0 Å². The SMILES string of the molecule is N#Cc1ccc2c(c1)c1ccc3c4ccccc4sc3c1n2-c1cccc(-c2cccc(-n3c4ccccc4c4ccccc43)c2)c1. The Kier molecular flexibility index (Phi) is 5.51. The van der Waals surface area contributed by atoms with Gasteiger partial charge in [-0.15, -0.1) is 11.3 Å². The number of nitrogens with zero attached hydrogens (tertiary/aromatic N) is 3. The molecule has 0 unspecified atom stereocenters. The van der Waals surface area contributed by atoms with Gasteiger partial charge in [0.25, 0.3) is 0 Å². The standard InChI is InChI=1S/C43H25N3S/c44-26-27-19-22-40-37(23-27)35-20-21-36-34-15-3-6-18-41(34)47-43(36)42(35)46(40)31-12-8-10-29(25-31)28-9-7-11-30(24-28)45-38-16-4-1-13-32(38)33-14-2-5-17-39(33)45/h1-25H. The van der Waals surface area contributed by atoms with Crippen molar-refractivity contribution in [2.45, 2.75) is 0 Å². The summed E-state index contributed by atoms with van der Waals surface area (Å²) >= 11 is 1.84. The van der Waals surface area contributed by atoms with E-state index < -0.39 is 0 Å². The van der Waals surface area contributed by atoms with Crippen LogP contribution < -0.4 is 0 Å². The van der Waals surface area contributed by atoms with Gasteiger partial charge in [0.2, 0.25) is 0 Å². The average molecular weight is 616 g/mol. The van der Waals surface area contributed by atoms with E-state index in [1.165, 1.54) is 47.5 Å². The van der Waals surface area contributed by atoms with E-state index in [0.29, 0.717) is 5.56 Å². The Balaban J connectivity index is 1.21. The van der Waals surface area contributed by atoms with Crippen LogP contribution in [0.3, 0.4) is 0 Å². The molecule has 0 bridgehead atoms. The number of benzene rings is 7. The van der Waals surface area contributed by atoms with Crippen LogP contribution in [0.2, 0.25) is 0 Å². The highest BCUT2D eigenvalue weighted by Crippen LogP contribution is 2.43. The Morgan fingerprint density at radius 3 is 1.74 bits per heavy atom. The maximum absolute atomic E-state index is 9.77. The van der Waals surface area contributed by atoms with Crippen LogP contribution in [0.5, 0.6) is 0 Å². The highest BCUT2D eigenvalue weighted by molar-refractivity contribution is 7.26. The van der Waals surface area contributed by atoms with Gasteiger partial charge < -0.3 is 9.13 Å². The maximum atomic E-state index is 9.77. The molecule has 0 aliphatic heterocycles. The molecule has 10 rings (SSSR count). The van der Waals surface area contributed by atoms with Crippen LogP contribution in [0.1, 0.15) is 5.56 Å². The number of nitriles is 1. The Hall–Kier alpha value is -6.15. The molecule has 3 aromatic heterocycles. The van der Waals surface area contributed by atoms with E-state index in [1.807, 2.05) is 23.5 Å². The van der Waals surface area contributed by atoms with Crippen molar-refractivity contribution in [3.8, 4) is 28.6 Å². The number of fused-ring (bicyclic) bond motifs is 10. The van der Waals surface area contributed by atoms with E-state index in [1.54, 1.807) is 0 Å². The molecule has 0 saturated heterocycles. The van der Waals surface area contributed by atoms with Gasteiger partial charge in [0, 0.05) is 48.4 Å². The number of thiophene rings is 1. The quantitative estimate of drug-likeness (QED) is 0.195. The molecule has 10 aromatic rings. The van der Waals surface area contributed by atoms with Crippen LogP contribution in [0, 0.1) is 11.3 Å². The predicted molar refractivity (Wildman–Crippen MR) is 198 cm³/mol. The lowest BCUT2D eigenvalue weighted by atomic mass is 10.0. The van der Waals surface area contributed by atoms with Crippen molar-refractivity contribution in [1.82, 2.24) is 9.13 Å². The first-order valence-electron chi connectivity index (χ1n) is 15.7. The lowest BCUT2D eigenvalue weighted by Gasteiger charge is -2.13. The Labute approximate surface area is 274 Å². The normalized spacial score (nSPS) is 11.8. The topological polar surface area (TPSA) is 33.6 Å². The second-order valence-corrected chi connectivity index (χ2v) is 13.1. The van der Waals surface area contributed by atoms with Gasteiger partial charge in [0.05, 0.1) is 38.4 Å². The zero-order valence-corrected chi connectivity index (χ0v) is 26.0. The minimum atomic E-state index is 0.670. The van der Waals surface area contributed by atoms with Gasteiger partial charge >= 0.3 is 0 Å². The highest BCUT2D eigenvalue weighted by Gasteiger charge is 2.19. The van der Waals surface area contributed by atoms with Crippen molar-refractivity contribution in [1.29, 1.82) is 5.26 Å². The molecule has 3 heterocycles. The van der Waals surface area contributed by atoms with E-state index in [2.05, 4.69) is 155 Å². The van der Waals surface area contributed by atoms with Crippen LogP contribution in [0.4, 0.5) is 0 Å². The lowest BCUT2D eigenvalue weighted by Crippen LogP contribution is -1.96. The first-order valence-corrected chi connectivity index (χ1v) is 16.6. The van der Waals surface area contributed by atoms with Gasteiger partial charge in [-0.1, -0.05) is 91.0 Å². The van der Waals surface area contributed by atoms with Gasteiger partial charge in [-0.2, -0.15) is 5.26 Å². The van der Waals surface area contributed by atoms with Gasteiger partial charge in [-0.3, -0.25) is 0 Å². The fourth-order valence-electron chi connectivity index (χ4n) is 7.47. The van der Waals surface area contributed by atoms with E-state index in [-0.39, 0.29) is 0 Å². The van der Waals surface area contributed by atoms with Crippen LogP contribution in [-0.4, -0.2) is 9.13 Å². The predicted octanol–water partition coefficient (Wildman–Crippen LogP) is 11.8. The van der Waals surface area contributed by atoms with Crippen LogP contribution in [0.25, 0.3) is 86.3 Å². The zero-order valence-electron chi connectivity index (χ0n) is 25.2. The molecule has 7 aromatic carbocycles. The highest BCUT2D eigenvalue weighted by atomic mass is 32.1. The molecule has 218 valence electrons. The summed E-state index contributed by atoms with van der Waals surface area (Å²) in [5.41, 5.74) is 9.90. The molecule has 47 heavy (non-hydrogen) atoms. The van der Waals surface area contributed by atoms with Gasteiger partial charge in [-0.25, -0.2) is 0 Å². The van der Waals surface area contributed by atoms with Gasteiger partial charge in [-0.05, 0) is 71.8 Å². The molecule has 3 nitrogen and oxygen atoms in total. The second kappa shape index (κ2) is 9.92. The molecular formula is C43H25N3S. The monoisotopic (exact) mass is 615 g/mol. The third-order valence-corrected chi connectivity index (χ3v) is 10.7. The largest absolute Gasteiger partial charge is 0.309 e. The summed E-state index contributed by atoms with van der Waals surface area (Å²) in [4.78, 5) is 0. The third kappa shape index (κ3) is 3.78. The summed E-state index contributed by atoms with van der Waals surface area (Å²) in [6.45, 7) is 0. The molecule has 0 fully saturated rings. The van der Waals surface area contributed by atoms with Crippen molar-refractivity contribution in [2.75, 3.05) is 0 Å². The Morgan fingerprint density at radius 2 is 1.04 bits per heavy atom. The molecule has 0 N–H and O–H groups in total. The first kappa shape index (κ1) is 26.1. The van der Waals surface area contributed by atoms with Crippen molar-refractivity contribution in [3.05, 3.63) is 157 Å². The number of aromatic nitrogens is 2. The zero-order chi connectivity index (χ0) is 31.1. The summed E-state index contributed by atoms with van der Waals surface area (Å²) in [6, 6.07) is 56.5. The summed E-state index contributed by atoms with van der Waals surface area (Å²) in [6.07, 6.45) is 0. The number of rotatable bonds is 3. The summed E-state index contributed by atoms with van der Waals surface area (Å²) < 4.78 is 7.30. The van der Waals surface area contributed by atoms with E-state index >= 15 is 0 Å². The minimum absolute atomic E-state index is 0.670. The fourth-order valence-corrected chi connectivity index (χ4v) is 8.71. The minimum Gasteiger partial charge on any atom is -0.309 e. The number of hydrogen-bond acceptors (Lipinski definition) is 2. The van der Waals surface area contributed by atoms with Crippen LogP contribution >= 0.6 is 11.3 Å². The molecule has 0 radical (unpaired) electrons. The van der Waals surface area contributed by atoms with Crippen molar-refractivity contribution in [3.63, 3.8) is 0 Å². The Bertz CT molecular complexity index is 2880. The molecule has 0 aliphatic carbocycles. The summed E-state index contributed by atoms with van der Waals surface area (Å²) in [5, 5.41) is 17.1. The molecule has 0 spiro atoms. The fraction of sp³-hybridized carbons (Fsp3) is 0. The smallest absolute Gasteiger partial charge is 0.0991 e. The average Bonchev–Trinajstić information content (AvgIpc) is 3.79. The third-order valence-electron chi connectivity index (χ3n) is 9.52. The van der Waals surface area contributed by atoms with Crippen molar-refractivity contribution in [2.24, 2.45) is 0 Å². The summed E-state index contributed by atoms with van der Waals surface area (Å²) in [5.74, 6) is 0. The second-order valence-electron chi connectivity index (χ2n) is 12.1. The molecule has 0 amide bonds. The van der Waals surface area contributed by atoms with Gasteiger partial charge in [0.1, 0.15) is 0 Å². The van der Waals surface area contributed by atoms with Crippen LogP contribution in [0.15, 0.2) is 152 Å². The molecule has 0 atom stereocenters. The molecule has 0 aliphatic rings. The van der Waals surface area contributed by atoms with E-state index in [4.69, 9.17) is 0 Å². The van der Waals surface area contributed by atoms with Gasteiger partial charge in [0.15, 0.2) is 0 Å². The van der Waals surface area contributed by atoms with Crippen molar-refractivity contribution >= 4 is 75.1 Å². The van der Waals surface area contributed by atoms with E-state index in [0.717, 1.165) is 38.8 Å². The molecule has 4 heteroatoms. The maximum Gasteiger partial charge on any atom is 0.0991 e. The molecule has 0 saturated carbocycles. The summed E-state index contributed by atoms with van der Waals surface area (Å²) in [7, 11) is 0. The Morgan fingerprint density at radius 1 is 0.447 bits per heavy atom. The van der Waals surface area contributed by atoms with Crippen LogP contribution in [-0.2, 0) is 0 Å². The lowest BCUT2D eigenvalue weighted by molar-refractivity contribution is 1.18. The number of hydrogen-bond donors (Lipinski definition) is 0. The number of para-hydroxylation sites is 2.